The zero-order valence-electron chi connectivity index (χ0n) is 7.01. The van der Waals surface area contributed by atoms with Gasteiger partial charge in [0.2, 0.25) is 0 Å². The van der Waals surface area contributed by atoms with Crippen molar-refractivity contribution in [2.75, 3.05) is 0 Å². The summed E-state index contributed by atoms with van der Waals surface area (Å²) in [6.07, 6.45) is 7.18. The van der Waals surface area contributed by atoms with Crippen LogP contribution in [0.4, 0.5) is 0 Å². The molecule has 1 aliphatic carbocycles. The van der Waals surface area contributed by atoms with Crippen LogP contribution in [0.2, 0.25) is 0 Å². The van der Waals surface area contributed by atoms with Gasteiger partial charge in [0.25, 0.3) is 0 Å². The van der Waals surface area contributed by atoms with E-state index in [1.807, 2.05) is 5.38 Å². The molecule has 0 unspecified atom stereocenters. The second kappa shape index (κ2) is 3.40. The minimum atomic E-state index is 0.942. The molecule has 64 valence electrons. The van der Waals surface area contributed by atoms with Crippen molar-refractivity contribution in [3.8, 4) is 0 Å². The van der Waals surface area contributed by atoms with E-state index in [1.165, 1.54) is 36.1 Å². The van der Waals surface area contributed by atoms with Crippen LogP contribution < -0.4 is 0 Å². The van der Waals surface area contributed by atoms with Crippen molar-refractivity contribution in [1.29, 1.82) is 0 Å². The lowest BCUT2D eigenvalue weighted by Crippen LogP contribution is -1.88. The monoisotopic (exact) mass is 180 g/mol. The lowest BCUT2D eigenvalue weighted by atomic mass is 10.1. The summed E-state index contributed by atoms with van der Waals surface area (Å²) in [4.78, 5) is 12.1. The predicted octanol–water partition coefficient (Wildman–Crippen LogP) is 2.83. The van der Waals surface area contributed by atoms with Gasteiger partial charge in [-0.2, -0.15) is 0 Å². The van der Waals surface area contributed by atoms with E-state index < -0.39 is 0 Å². The second-order valence-electron chi connectivity index (χ2n) is 3.27. The van der Waals surface area contributed by atoms with E-state index in [9.17, 15) is 4.79 Å². The van der Waals surface area contributed by atoms with Gasteiger partial charge in [-0.05, 0) is 31.2 Å². The highest BCUT2D eigenvalue weighted by atomic mass is 32.1. The Bertz CT molecular complexity index is 288. The van der Waals surface area contributed by atoms with Crippen LogP contribution in [0.1, 0.15) is 40.1 Å². The summed E-state index contributed by atoms with van der Waals surface area (Å²) in [5.74, 6) is 0. The first-order chi connectivity index (χ1) is 5.92. The maximum atomic E-state index is 10.7. The van der Waals surface area contributed by atoms with Gasteiger partial charge in [0.1, 0.15) is 0 Å². The summed E-state index contributed by atoms with van der Waals surface area (Å²) < 4.78 is 0. The van der Waals surface area contributed by atoms with Crippen LogP contribution in [0.5, 0.6) is 0 Å². The van der Waals surface area contributed by atoms with Crippen molar-refractivity contribution in [2.24, 2.45) is 0 Å². The molecule has 1 aromatic rings. The van der Waals surface area contributed by atoms with Gasteiger partial charge in [0.05, 0.1) is 0 Å². The zero-order chi connectivity index (χ0) is 8.39. The van der Waals surface area contributed by atoms with E-state index in [1.54, 1.807) is 11.3 Å². The van der Waals surface area contributed by atoms with E-state index >= 15 is 0 Å². The molecule has 0 fully saturated rings. The number of carbonyl (C=O) groups excluding carboxylic acids is 1. The third-order valence-electron chi connectivity index (χ3n) is 2.47. The molecule has 0 N–H and O–H groups in total. The molecule has 0 amide bonds. The van der Waals surface area contributed by atoms with Crippen molar-refractivity contribution in [3.63, 3.8) is 0 Å². The standard InChI is InChI=1S/C10H12OS/c11-6-8-7-12-10-5-3-1-2-4-9(8)10/h6-7H,1-5H2. The van der Waals surface area contributed by atoms with E-state index in [2.05, 4.69) is 0 Å². The van der Waals surface area contributed by atoms with Crippen LogP contribution in [0, 0.1) is 0 Å². The molecule has 0 aliphatic heterocycles. The van der Waals surface area contributed by atoms with Gasteiger partial charge in [0.15, 0.2) is 6.29 Å². The molecule has 2 rings (SSSR count). The number of thiophene rings is 1. The van der Waals surface area contributed by atoms with Crippen LogP contribution in [0.15, 0.2) is 5.38 Å². The van der Waals surface area contributed by atoms with Crippen LogP contribution in [0.25, 0.3) is 0 Å². The largest absolute Gasteiger partial charge is 0.298 e. The summed E-state index contributed by atoms with van der Waals surface area (Å²) in [7, 11) is 0. The average Bonchev–Trinajstić information content (AvgIpc) is 2.33. The number of hydrogen-bond acceptors (Lipinski definition) is 2. The fourth-order valence-corrected chi connectivity index (χ4v) is 2.89. The van der Waals surface area contributed by atoms with Gasteiger partial charge in [-0.15, -0.1) is 11.3 Å². The molecular formula is C10H12OS. The number of rotatable bonds is 1. The van der Waals surface area contributed by atoms with Crippen LogP contribution in [-0.2, 0) is 12.8 Å². The Kier molecular flexibility index (Phi) is 2.26. The first-order valence-electron chi connectivity index (χ1n) is 4.46. The lowest BCUT2D eigenvalue weighted by molar-refractivity contribution is 0.112. The Morgan fingerprint density at radius 3 is 2.92 bits per heavy atom. The number of aldehydes is 1. The molecule has 0 aromatic carbocycles. The van der Waals surface area contributed by atoms with Crippen LogP contribution in [0.3, 0.4) is 0 Å². The van der Waals surface area contributed by atoms with Gasteiger partial charge < -0.3 is 0 Å². The van der Waals surface area contributed by atoms with E-state index in [0.29, 0.717) is 0 Å². The third-order valence-corrected chi connectivity index (χ3v) is 3.58. The van der Waals surface area contributed by atoms with Crippen molar-refractivity contribution >= 4 is 17.6 Å². The SMILES string of the molecule is O=Cc1csc2c1CCCCC2. The highest BCUT2D eigenvalue weighted by Gasteiger charge is 2.13. The Morgan fingerprint density at radius 1 is 1.25 bits per heavy atom. The molecule has 1 heterocycles. The van der Waals surface area contributed by atoms with Gasteiger partial charge >= 0.3 is 0 Å². The van der Waals surface area contributed by atoms with Crippen LogP contribution in [-0.4, -0.2) is 6.29 Å². The maximum Gasteiger partial charge on any atom is 0.151 e. The highest BCUT2D eigenvalue weighted by Crippen LogP contribution is 2.28. The average molecular weight is 180 g/mol. The predicted molar refractivity (Wildman–Crippen MR) is 51.0 cm³/mol. The molecule has 0 bridgehead atoms. The molecule has 0 radical (unpaired) electrons. The smallest absolute Gasteiger partial charge is 0.151 e. The van der Waals surface area contributed by atoms with Gasteiger partial charge in [-0.25, -0.2) is 0 Å². The summed E-state index contributed by atoms with van der Waals surface area (Å²) in [6, 6.07) is 0. The third kappa shape index (κ3) is 1.31. The summed E-state index contributed by atoms with van der Waals surface area (Å²) in [5.41, 5.74) is 2.28. The molecule has 0 saturated heterocycles. The second-order valence-corrected chi connectivity index (χ2v) is 4.24. The van der Waals surface area contributed by atoms with Gasteiger partial charge in [0, 0.05) is 15.8 Å². The number of aryl methyl sites for hydroxylation is 1. The normalized spacial score (nSPS) is 16.7. The summed E-state index contributed by atoms with van der Waals surface area (Å²) >= 11 is 1.76. The van der Waals surface area contributed by atoms with E-state index in [4.69, 9.17) is 0 Å². The Balaban J connectivity index is 2.38. The maximum absolute atomic E-state index is 10.7. The molecule has 12 heavy (non-hydrogen) atoms. The highest BCUT2D eigenvalue weighted by molar-refractivity contribution is 7.10. The van der Waals surface area contributed by atoms with Crippen molar-refractivity contribution in [2.45, 2.75) is 32.1 Å². The Morgan fingerprint density at radius 2 is 2.08 bits per heavy atom. The number of fused-ring (bicyclic) bond motifs is 1. The number of carbonyl (C=O) groups is 1. The molecule has 1 aliphatic rings. The first-order valence-corrected chi connectivity index (χ1v) is 5.34. The van der Waals surface area contributed by atoms with Gasteiger partial charge in [-0.3, -0.25) is 4.79 Å². The molecule has 0 saturated carbocycles. The lowest BCUT2D eigenvalue weighted by Gasteiger charge is -1.96. The fraction of sp³-hybridized carbons (Fsp3) is 0.500. The Hall–Kier alpha value is -0.630. The zero-order valence-corrected chi connectivity index (χ0v) is 7.82. The topological polar surface area (TPSA) is 17.1 Å². The molecular weight excluding hydrogens is 168 g/mol. The van der Waals surface area contributed by atoms with Gasteiger partial charge in [-0.1, -0.05) is 6.42 Å². The Labute approximate surface area is 76.4 Å². The molecule has 1 aromatic heterocycles. The van der Waals surface area contributed by atoms with Crippen molar-refractivity contribution in [1.82, 2.24) is 0 Å². The molecule has 1 nitrogen and oxygen atoms in total. The molecule has 0 spiro atoms. The first kappa shape index (κ1) is 7.99. The minimum absolute atomic E-state index is 0.942. The van der Waals surface area contributed by atoms with E-state index in [0.717, 1.165) is 18.3 Å². The summed E-state index contributed by atoms with van der Waals surface area (Å²) in [5, 5.41) is 2.00. The van der Waals surface area contributed by atoms with Crippen molar-refractivity contribution in [3.05, 3.63) is 21.4 Å². The number of hydrogen-bond donors (Lipinski definition) is 0. The molecule has 0 atom stereocenters. The quantitative estimate of drug-likeness (QED) is 0.480. The molecule has 2 heteroatoms. The summed E-state index contributed by atoms with van der Waals surface area (Å²) in [6.45, 7) is 0. The van der Waals surface area contributed by atoms with E-state index in [-0.39, 0.29) is 0 Å². The minimum Gasteiger partial charge on any atom is -0.298 e. The fourth-order valence-electron chi connectivity index (χ4n) is 1.79. The van der Waals surface area contributed by atoms with Crippen LogP contribution >= 0.6 is 11.3 Å². The van der Waals surface area contributed by atoms with Crippen molar-refractivity contribution < 1.29 is 4.79 Å².